The molecule has 0 spiro atoms. The number of hydrogen-bond acceptors (Lipinski definition) is 8. The number of hydrogen-bond donors (Lipinski definition) is 6. The smallest absolute Gasteiger partial charge is 0.336 e. The number of aliphatic hydroxyl groups excluding tert-OH is 3. The highest BCUT2D eigenvalue weighted by Gasteiger charge is 2.43. The summed E-state index contributed by atoms with van der Waals surface area (Å²) in [4.78, 5) is 36.4. The lowest BCUT2D eigenvalue weighted by Gasteiger charge is -2.38. The monoisotopic (exact) mass is 483 g/mol. The first-order chi connectivity index (χ1) is 15.6. The van der Waals surface area contributed by atoms with Gasteiger partial charge in [0.2, 0.25) is 5.91 Å². The summed E-state index contributed by atoms with van der Waals surface area (Å²) in [5.74, 6) is -3.82. The van der Waals surface area contributed by atoms with E-state index in [2.05, 4.69) is 0 Å². The van der Waals surface area contributed by atoms with Crippen molar-refractivity contribution in [2.45, 2.75) is 75.9 Å². The molecule has 1 aliphatic rings. The quantitative estimate of drug-likeness (QED) is 0.255. The first-order valence-corrected chi connectivity index (χ1v) is 10.9. The van der Waals surface area contributed by atoms with Crippen molar-refractivity contribution in [1.82, 2.24) is 4.90 Å². The summed E-state index contributed by atoms with van der Waals surface area (Å²) >= 11 is 0. The SMILES string of the molecule is CC(C)(C)N(CC(O)COc1cccc2c1CC(O)C(O)C2)C(=O)CC(O)(CC(=O)O)C(=O)O. The van der Waals surface area contributed by atoms with Crippen molar-refractivity contribution >= 4 is 17.8 Å². The van der Waals surface area contributed by atoms with Crippen LogP contribution in [0.2, 0.25) is 0 Å². The van der Waals surface area contributed by atoms with E-state index >= 15 is 0 Å². The number of β-amino-alcohol motifs (C(OH)–C–C–N with tert-alkyl or cyclic N) is 1. The van der Waals surface area contributed by atoms with E-state index in [0.717, 1.165) is 16.0 Å². The Morgan fingerprint density at radius 1 is 1.09 bits per heavy atom. The van der Waals surface area contributed by atoms with Gasteiger partial charge >= 0.3 is 11.9 Å². The summed E-state index contributed by atoms with van der Waals surface area (Å²) in [5.41, 5.74) is -2.13. The van der Waals surface area contributed by atoms with E-state index in [9.17, 15) is 39.9 Å². The largest absolute Gasteiger partial charge is 0.491 e. The third-order valence-corrected chi connectivity index (χ3v) is 5.74. The number of ether oxygens (including phenoxy) is 1. The summed E-state index contributed by atoms with van der Waals surface area (Å²) in [5, 5.41) is 58.8. The van der Waals surface area contributed by atoms with Gasteiger partial charge < -0.3 is 40.3 Å². The minimum Gasteiger partial charge on any atom is -0.491 e. The van der Waals surface area contributed by atoms with Crippen molar-refractivity contribution in [2.75, 3.05) is 13.2 Å². The number of fused-ring (bicyclic) bond motifs is 1. The molecule has 0 aliphatic heterocycles. The zero-order chi connectivity index (χ0) is 25.8. The normalized spacial score (nSPS) is 20.6. The molecule has 190 valence electrons. The summed E-state index contributed by atoms with van der Waals surface area (Å²) in [6, 6.07) is 5.21. The van der Waals surface area contributed by atoms with Crippen molar-refractivity contribution < 1.29 is 49.8 Å². The predicted octanol–water partition coefficient (Wildman–Crippen LogP) is -0.446. The number of carbonyl (C=O) groups is 3. The Labute approximate surface area is 197 Å². The maximum Gasteiger partial charge on any atom is 0.336 e. The van der Waals surface area contributed by atoms with Gasteiger partial charge in [0, 0.05) is 23.9 Å². The summed E-state index contributed by atoms with van der Waals surface area (Å²) in [6.45, 7) is 4.45. The minimum absolute atomic E-state index is 0.187. The molecule has 0 aromatic heterocycles. The van der Waals surface area contributed by atoms with Crippen LogP contribution in [0.1, 0.15) is 44.7 Å². The van der Waals surface area contributed by atoms with Crippen LogP contribution >= 0.6 is 0 Å². The third kappa shape index (κ3) is 6.89. The third-order valence-electron chi connectivity index (χ3n) is 5.74. The van der Waals surface area contributed by atoms with E-state index in [4.69, 9.17) is 9.84 Å². The van der Waals surface area contributed by atoms with Crippen LogP contribution in [0.5, 0.6) is 5.75 Å². The van der Waals surface area contributed by atoms with Gasteiger partial charge in [-0.1, -0.05) is 12.1 Å². The van der Waals surface area contributed by atoms with Crippen LogP contribution in [0.25, 0.3) is 0 Å². The van der Waals surface area contributed by atoms with Gasteiger partial charge in [-0.2, -0.15) is 0 Å². The van der Waals surface area contributed by atoms with Gasteiger partial charge in [-0.25, -0.2) is 4.79 Å². The molecule has 11 nitrogen and oxygen atoms in total. The Balaban J connectivity index is 2.10. The van der Waals surface area contributed by atoms with E-state index in [0.29, 0.717) is 5.75 Å². The van der Waals surface area contributed by atoms with Crippen molar-refractivity contribution in [3.05, 3.63) is 29.3 Å². The zero-order valence-electron chi connectivity index (χ0n) is 19.5. The van der Waals surface area contributed by atoms with Gasteiger partial charge in [0.1, 0.15) is 18.5 Å². The first kappa shape index (κ1) is 27.5. The number of carbonyl (C=O) groups excluding carboxylic acids is 1. The second kappa shape index (κ2) is 10.7. The van der Waals surface area contributed by atoms with Gasteiger partial charge in [-0.15, -0.1) is 0 Å². The van der Waals surface area contributed by atoms with Crippen LogP contribution in [-0.2, 0) is 27.2 Å². The molecule has 1 amide bonds. The van der Waals surface area contributed by atoms with E-state index in [-0.39, 0.29) is 26.0 Å². The topological polar surface area (TPSA) is 185 Å². The second-order valence-electron chi connectivity index (χ2n) is 9.66. The molecular formula is C23H33NO10. The van der Waals surface area contributed by atoms with Crippen LogP contribution in [0.15, 0.2) is 18.2 Å². The number of nitrogens with zero attached hydrogens (tertiary/aromatic N) is 1. The number of carboxylic acids is 2. The molecule has 34 heavy (non-hydrogen) atoms. The van der Waals surface area contributed by atoms with Gasteiger partial charge in [0.25, 0.3) is 0 Å². The fourth-order valence-electron chi connectivity index (χ4n) is 3.88. The molecule has 1 aromatic rings. The van der Waals surface area contributed by atoms with E-state index < -0.39 is 60.1 Å². The van der Waals surface area contributed by atoms with Crippen molar-refractivity contribution in [3.8, 4) is 5.75 Å². The van der Waals surface area contributed by atoms with Gasteiger partial charge in [0.15, 0.2) is 5.60 Å². The molecule has 4 unspecified atom stereocenters. The first-order valence-electron chi connectivity index (χ1n) is 10.9. The molecule has 1 aromatic carbocycles. The number of amides is 1. The summed E-state index contributed by atoms with van der Waals surface area (Å²) in [7, 11) is 0. The average Bonchev–Trinajstić information content (AvgIpc) is 2.69. The summed E-state index contributed by atoms with van der Waals surface area (Å²) < 4.78 is 5.73. The average molecular weight is 484 g/mol. The van der Waals surface area contributed by atoms with Crippen LogP contribution in [0.3, 0.4) is 0 Å². The Hall–Kier alpha value is -2.73. The highest BCUT2D eigenvalue weighted by Crippen LogP contribution is 2.30. The molecule has 0 heterocycles. The maximum absolute atomic E-state index is 12.9. The fourth-order valence-corrected chi connectivity index (χ4v) is 3.88. The molecular weight excluding hydrogens is 450 g/mol. The summed E-state index contributed by atoms with van der Waals surface area (Å²) in [6.07, 6.45) is -4.68. The number of carboxylic acid groups (broad SMARTS) is 2. The van der Waals surface area contributed by atoms with Crippen molar-refractivity contribution in [2.24, 2.45) is 0 Å². The second-order valence-corrected chi connectivity index (χ2v) is 9.66. The van der Waals surface area contributed by atoms with Crippen LogP contribution in [0, 0.1) is 0 Å². The van der Waals surface area contributed by atoms with Gasteiger partial charge in [-0.3, -0.25) is 9.59 Å². The number of aliphatic carboxylic acids is 2. The highest BCUT2D eigenvalue weighted by atomic mass is 16.5. The molecule has 0 saturated carbocycles. The lowest BCUT2D eigenvalue weighted by atomic mass is 9.87. The van der Waals surface area contributed by atoms with E-state index in [1.807, 2.05) is 6.07 Å². The minimum atomic E-state index is -2.79. The standard InChI is InChI=1S/C23H33NO10/c1-22(2,3)24(19(28)9-23(33,21(31)32)10-20(29)30)11-14(25)12-34-18-6-4-5-13-7-16(26)17(27)8-15(13)18/h4-6,14,16-17,25-27,33H,7-12H2,1-3H3,(H,29,30)(H,31,32). The zero-order valence-corrected chi connectivity index (χ0v) is 19.5. The number of rotatable bonds is 10. The predicted molar refractivity (Wildman–Crippen MR) is 118 cm³/mol. The van der Waals surface area contributed by atoms with Crippen molar-refractivity contribution in [3.63, 3.8) is 0 Å². The van der Waals surface area contributed by atoms with Gasteiger partial charge in [-0.05, 0) is 32.4 Å². The number of aliphatic hydroxyl groups is 4. The molecule has 6 N–H and O–H groups in total. The molecule has 11 heteroatoms. The fraction of sp³-hybridized carbons (Fsp3) is 0.609. The molecule has 4 atom stereocenters. The van der Waals surface area contributed by atoms with Crippen LogP contribution < -0.4 is 4.74 Å². The Morgan fingerprint density at radius 3 is 2.26 bits per heavy atom. The Kier molecular flexibility index (Phi) is 8.65. The molecule has 0 radical (unpaired) electrons. The van der Waals surface area contributed by atoms with Gasteiger partial charge in [0.05, 0.1) is 31.6 Å². The highest BCUT2D eigenvalue weighted by molar-refractivity contribution is 5.90. The molecule has 2 rings (SSSR count). The van der Waals surface area contributed by atoms with Crippen LogP contribution in [0.4, 0.5) is 0 Å². The maximum atomic E-state index is 12.9. The Bertz CT molecular complexity index is 912. The number of benzene rings is 1. The molecule has 0 fully saturated rings. The lowest BCUT2D eigenvalue weighted by molar-refractivity contribution is -0.170. The lowest BCUT2D eigenvalue weighted by Crippen LogP contribution is -2.53. The molecule has 0 saturated heterocycles. The van der Waals surface area contributed by atoms with E-state index in [1.165, 1.54) is 0 Å². The van der Waals surface area contributed by atoms with E-state index in [1.54, 1.807) is 32.9 Å². The molecule has 1 aliphatic carbocycles. The Morgan fingerprint density at radius 2 is 1.71 bits per heavy atom. The molecule has 0 bridgehead atoms. The van der Waals surface area contributed by atoms with Crippen LogP contribution in [-0.4, -0.2) is 96.0 Å². The van der Waals surface area contributed by atoms with Crippen molar-refractivity contribution in [1.29, 1.82) is 0 Å².